The molecule has 2 aromatic heterocycles. The summed E-state index contributed by atoms with van der Waals surface area (Å²) in [6, 6.07) is 8.78. The summed E-state index contributed by atoms with van der Waals surface area (Å²) in [5.74, 6) is 0.857. The number of amides is 1. The SMILES string of the molecule is Cc1cc(OC(=O)Nc2ccc(OCCN)c(-c3ccnn3C)c2)n[nH]1. The molecule has 0 saturated heterocycles. The van der Waals surface area contributed by atoms with Gasteiger partial charge in [0.05, 0.1) is 5.69 Å². The first-order valence-electron chi connectivity index (χ1n) is 8.03. The summed E-state index contributed by atoms with van der Waals surface area (Å²) in [4.78, 5) is 12.1. The number of H-pyrrole nitrogens is 1. The van der Waals surface area contributed by atoms with Gasteiger partial charge in [0.25, 0.3) is 0 Å². The average Bonchev–Trinajstić information content (AvgIpc) is 3.21. The Morgan fingerprint density at radius 1 is 1.35 bits per heavy atom. The van der Waals surface area contributed by atoms with E-state index >= 15 is 0 Å². The fraction of sp³-hybridized carbons (Fsp3) is 0.235. The summed E-state index contributed by atoms with van der Waals surface area (Å²) in [5, 5.41) is 13.4. The zero-order valence-corrected chi connectivity index (χ0v) is 14.5. The van der Waals surface area contributed by atoms with Crippen LogP contribution in [0, 0.1) is 6.92 Å². The maximum atomic E-state index is 12.1. The van der Waals surface area contributed by atoms with Crippen LogP contribution in [-0.2, 0) is 7.05 Å². The van der Waals surface area contributed by atoms with Gasteiger partial charge in [-0.3, -0.25) is 15.1 Å². The number of aryl methyl sites for hydroxylation is 2. The predicted molar refractivity (Wildman–Crippen MR) is 96.2 cm³/mol. The van der Waals surface area contributed by atoms with Crippen LogP contribution in [0.25, 0.3) is 11.3 Å². The van der Waals surface area contributed by atoms with Crippen LogP contribution in [0.4, 0.5) is 10.5 Å². The lowest BCUT2D eigenvalue weighted by atomic mass is 10.1. The maximum absolute atomic E-state index is 12.1. The molecule has 1 aromatic carbocycles. The van der Waals surface area contributed by atoms with Crippen molar-refractivity contribution in [3.8, 4) is 22.9 Å². The number of carbonyl (C=O) groups excluding carboxylic acids is 1. The van der Waals surface area contributed by atoms with Crippen LogP contribution < -0.4 is 20.5 Å². The number of aromatic amines is 1. The van der Waals surface area contributed by atoms with Gasteiger partial charge in [0, 0.05) is 42.8 Å². The third-order valence-electron chi connectivity index (χ3n) is 3.58. The molecule has 9 nitrogen and oxygen atoms in total. The van der Waals surface area contributed by atoms with Crippen LogP contribution in [0.15, 0.2) is 36.5 Å². The first kappa shape index (κ1) is 17.5. The van der Waals surface area contributed by atoms with E-state index in [1.54, 1.807) is 35.1 Å². The topological polar surface area (TPSA) is 120 Å². The Labute approximate surface area is 150 Å². The highest BCUT2D eigenvalue weighted by Crippen LogP contribution is 2.32. The lowest BCUT2D eigenvalue weighted by molar-refractivity contribution is 0.213. The van der Waals surface area contributed by atoms with E-state index in [1.165, 1.54) is 0 Å². The molecule has 0 atom stereocenters. The summed E-state index contributed by atoms with van der Waals surface area (Å²) in [7, 11) is 1.83. The third kappa shape index (κ3) is 4.01. The summed E-state index contributed by atoms with van der Waals surface area (Å²) in [6.45, 7) is 2.61. The first-order chi connectivity index (χ1) is 12.6. The predicted octanol–water partition coefficient (Wildman–Crippen LogP) is 2.07. The van der Waals surface area contributed by atoms with Crippen LogP contribution >= 0.6 is 0 Å². The van der Waals surface area contributed by atoms with Crippen molar-refractivity contribution in [2.75, 3.05) is 18.5 Å². The smallest absolute Gasteiger partial charge is 0.418 e. The Morgan fingerprint density at radius 2 is 2.19 bits per heavy atom. The largest absolute Gasteiger partial charge is 0.492 e. The molecule has 0 bridgehead atoms. The zero-order chi connectivity index (χ0) is 18.5. The van der Waals surface area contributed by atoms with Crippen molar-refractivity contribution in [2.45, 2.75) is 6.92 Å². The zero-order valence-electron chi connectivity index (χ0n) is 14.5. The minimum Gasteiger partial charge on any atom is -0.492 e. The van der Waals surface area contributed by atoms with Gasteiger partial charge in [-0.15, -0.1) is 5.10 Å². The van der Waals surface area contributed by atoms with Crippen molar-refractivity contribution in [1.82, 2.24) is 20.0 Å². The molecule has 3 aromatic rings. The number of nitrogens with zero attached hydrogens (tertiary/aromatic N) is 3. The number of ether oxygens (including phenoxy) is 2. The minimum atomic E-state index is -0.636. The molecule has 26 heavy (non-hydrogen) atoms. The van der Waals surface area contributed by atoms with E-state index in [1.807, 2.05) is 20.0 Å². The number of benzene rings is 1. The van der Waals surface area contributed by atoms with E-state index < -0.39 is 6.09 Å². The van der Waals surface area contributed by atoms with Gasteiger partial charge in [0.15, 0.2) is 0 Å². The van der Waals surface area contributed by atoms with E-state index in [0.29, 0.717) is 24.6 Å². The van der Waals surface area contributed by atoms with Crippen LogP contribution in [0.2, 0.25) is 0 Å². The van der Waals surface area contributed by atoms with Crippen LogP contribution in [-0.4, -0.2) is 39.2 Å². The number of rotatable bonds is 6. The molecule has 3 rings (SSSR count). The number of anilines is 1. The second-order valence-corrected chi connectivity index (χ2v) is 5.59. The van der Waals surface area contributed by atoms with E-state index in [9.17, 15) is 4.79 Å². The number of nitrogens with two attached hydrogens (primary N) is 1. The van der Waals surface area contributed by atoms with Crippen LogP contribution in [0.5, 0.6) is 11.6 Å². The molecular weight excluding hydrogens is 336 g/mol. The van der Waals surface area contributed by atoms with Gasteiger partial charge in [0.1, 0.15) is 12.4 Å². The third-order valence-corrected chi connectivity index (χ3v) is 3.58. The Kier molecular flexibility index (Phi) is 5.18. The first-order valence-corrected chi connectivity index (χ1v) is 8.03. The van der Waals surface area contributed by atoms with Gasteiger partial charge in [0.2, 0.25) is 5.88 Å². The molecule has 2 heterocycles. The molecular formula is C17H20N6O3. The summed E-state index contributed by atoms with van der Waals surface area (Å²) in [5.41, 5.74) is 8.50. The van der Waals surface area contributed by atoms with Crippen molar-refractivity contribution in [3.05, 3.63) is 42.2 Å². The van der Waals surface area contributed by atoms with Gasteiger partial charge >= 0.3 is 6.09 Å². The van der Waals surface area contributed by atoms with Crippen molar-refractivity contribution in [2.24, 2.45) is 12.8 Å². The fourth-order valence-corrected chi connectivity index (χ4v) is 2.42. The van der Waals surface area contributed by atoms with E-state index in [0.717, 1.165) is 17.0 Å². The number of aromatic nitrogens is 4. The molecule has 0 aliphatic carbocycles. The molecule has 0 radical (unpaired) electrons. The quantitative estimate of drug-likeness (QED) is 0.622. The molecule has 0 saturated carbocycles. The van der Waals surface area contributed by atoms with Crippen molar-refractivity contribution in [3.63, 3.8) is 0 Å². The highest BCUT2D eigenvalue weighted by Gasteiger charge is 2.13. The van der Waals surface area contributed by atoms with Gasteiger partial charge in [-0.1, -0.05) is 0 Å². The van der Waals surface area contributed by atoms with Crippen LogP contribution in [0.1, 0.15) is 5.69 Å². The highest BCUT2D eigenvalue weighted by molar-refractivity contribution is 5.87. The van der Waals surface area contributed by atoms with Gasteiger partial charge < -0.3 is 15.2 Å². The van der Waals surface area contributed by atoms with E-state index in [4.69, 9.17) is 15.2 Å². The second kappa shape index (κ2) is 7.70. The molecule has 0 aliphatic heterocycles. The van der Waals surface area contributed by atoms with Gasteiger partial charge in [-0.2, -0.15) is 5.10 Å². The number of nitrogens with one attached hydrogen (secondary N) is 2. The standard InChI is InChI=1S/C17H20N6O3/c1-11-9-16(22-21-11)26-17(24)20-12-3-4-15(25-8-6-18)13(10-12)14-5-7-19-23(14)2/h3-5,7,9-10H,6,8,18H2,1-2H3,(H,20,24)(H,21,22). The molecule has 0 aliphatic rings. The van der Waals surface area contributed by atoms with Crippen molar-refractivity contribution in [1.29, 1.82) is 0 Å². The molecule has 1 amide bonds. The minimum absolute atomic E-state index is 0.203. The molecule has 4 N–H and O–H groups in total. The van der Waals surface area contributed by atoms with Crippen molar-refractivity contribution < 1.29 is 14.3 Å². The second-order valence-electron chi connectivity index (χ2n) is 5.59. The van der Waals surface area contributed by atoms with Gasteiger partial charge in [-0.25, -0.2) is 4.79 Å². The molecule has 0 fully saturated rings. The van der Waals surface area contributed by atoms with Crippen molar-refractivity contribution >= 4 is 11.8 Å². The lowest BCUT2D eigenvalue weighted by Crippen LogP contribution is -2.17. The van der Waals surface area contributed by atoms with E-state index in [2.05, 4.69) is 20.6 Å². The highest BCUT2D eigenvalue weighted by atomic mass is 16.6. The number of carbonyl (C=O) groups is 1. The van der Waals surface area contributed by atoms with Gasteiger partial charge in [-0.05, 0) is 31.2 Å². The van der Waals surface area contributed by atoms with E-state index in [-0.39, 0.29) is 5.88 Å². The average molecular weight is 356 g/mol. The molecule has 0 spiro atoms. The summed E-state index contributed by atoms with van der Waals surface area (Å²) < 4.78 is 12.6. The molecule has 136 valence electrons. The summed E-state index contributed by atoms with van der Waals surface area (Å²) >= 11 is 0. The Morgan fingerprint density at radius 3 is 2.85 bits per heavy atom. The maximum Gasteiger partial charge on any atom is 0.418 e. The number of hydrogen-bond acceptors (Lipinski definition) is 6. The lowest BCUT2D eigenvalue weighted by Gasteiger charge is -2.13. The Bertz CT molecular complexity index is 902. The monoisotopic (exact) mass is 356 g/mol. The van der Waals surface area contributed by atoms with Crippen LogP contribution in [0.3, 0.4) is 0 Å². The molecule has 0 unspecified atom stereocenters. The normalized spacial score (nSPS) is 10.6. The Balaban J connectivity index is 1.81. The number of hydrogen-bond donors (Lipinski definition) is 3. The fourth-order valence-electron chi connectivity index (χ4n) is 2.42. The Hall–Kier alpha value is -3.33. The molecule has 9 heteroatoms. The summed E-state index contributed by atoms with van der Waals surface area (Å²) in [6.07, 6.45) is 1.05.